The van der Waals surface area contributed by atoms with Crippen LogP contribution in [0.5, 0.6) is 0 Å². The van der Waals surface area contributed by atoms with Gasteiger partial charge in [0, 0.05) is 13.1 Å². The van der Waals surface area contributed by atoms with Gasteiger partial charge in [0.25, 0.3) is 0 Å². The lowest BCUT2D eigenvalue weighted by Gasteiger charge is -2.19. The molecule has 0 spiro atoms. The van der Waals surface area contributed by atoms with Gasteiger partial charge in [-0.15, -0.1) is 0 Å². The van der Waals surface area contributed by atoms with Gasteiger partial charge in [-0.25, -0.2) is 4.79 Å². The maximum Gasteiger partial charge on any atom is 0.407 e. The normalized spacial score (nSPS) is 11.2. The van der Waals surface area contributed by atoms with Crippen molar-refractivity contribution in [2.75, 3.05) is 13.1 Å². The molecule has 0 unspecified atom stereocenters. The van der Waals surface area contributed by atoms with Crippen LogP contribution in [0.4, 0.5) is 4.79 Å². The highest BCUT2D eigenvalue weighted by atomic mass is 16.6. The van der Waals surface area contributed by atoms with Crippen LogP contribution in [0.1, 0.15) is 39.2 Å². The number of carbonyl (C=O) groups excluding carboxylic acids is 2. The summed E-state index contributed by atoms with van der Waals surface area (Å²) >= 11 is 0. The quantitative estimate of drug-likeness (QED) is 0.742. The first-order valence-corrected chi connectivity index (χ1v) is 9.05. The van der Waals surface area contributed by atoms with Crippen molar-refractivity contribution in [3.05, 3.63) is 48.0 Å². The van der Waals surface area contributed by atoms with Crippen molar-refractivity contribution in [2.24, 2.45) is 0 Å². The predicted molar refractivity (Wildman–Crippen MR) is 104 cm³/mol. The van der Waals surface area contributed by atoms with Gasteiger partial charge in [-0.3, -0.25) is 4.79 Å². The number of hydrogen-bond donors (Lipinski definition) is 2. The summed E-state index contributed by atoms with van der Waals surface area (Å²) in [5.41, 5.74) is 0.548. The van der Waals surface area contributed by atoms with Crippen LogP contribution in [0.15, 0.2) is 42.5 Å². The van der Waals surface area contributed by atoms with Gasteiger partial charge in [-0.05, 0) is 49.9 Å². The van der Waals surface area contributed by atoms with Gasteiger partial charge in [0.05, 0.1) is 6.42 Å². The van der Waals surface area contributed by atoms with Crippen LogP contribution < -0.4 is 10.6 Å². The molecule has 0 heterocycles. The van der Waals surface area contributed by atoms with E-state index in [0.717, 1.165) is 29.2 Å². The fourth-order valence-corrected chi connectivity index (χ4v) is 2.66. The largest absolute Gasteiger partial charge is 0.444 e. The third-order valence-corrected chi connectivity index (χ3v) is 3.82. The summed E-state index contributed by atoms with van der Waals surface area (Å²) < 4.78 is 5.16. The van der Waals surface area contributed by atoms with Gasteiger partial charge < -0.3 is 15.4 Å². The minimum Gasteiger partial charge on any atom is -0.444 e. The molecule has 0 radical (unpaired) electrons. The lowest BCUT2D eigenvalue weighted by molar-refractivity contribution is -0.120. The molecule has 0 fully saturated rings. The molecule has 0 aliphatic rings. The first kappa shape index (κ1) is 19.8. The van der Waals surface area contributed by atoms with Crippen LogP contribution in [-0.4, -0.2) is 30.7 Å². The average Bonchev–Trinajstić information content (AvgIpc) is 2.57. The van der Waals surface area contributed by atoms with E-state index in [0.29, 0.717) is 19.5 Å². The Labute approximate surface area is 155 Å². The van der Waals surface area contributed by atoms with Crippen LogP contribution >= 0.6 is 0 Å². The monoisotopic (exact) mass is 356 g/mol. The average molecular weight is 356 g/mol. The molecule has 5 nitrogen and oxygen atoms in total. The Morgan fingerprint density at radius 2 is 1.58 bits per heavy atom. The Hall–Kier alpha value is -2.56. The second-order valence-corrected chi connectivity index (χ2v) is 7.30. The summed E-state index contributed by atoms with van der Waals surface area (Å²) in [7, 11) is 0. The molecule has 0 aromatic heterocycles. The molecule has 2 amide bonds. The number of fused-ring (bicyclic) bond motifs is 1. The molecule has 0 atom stereocenters. The maximum atomic E-state index is 12.2. The Balaban J connectivity index is 1.66. The molecular formula is C21H28N2O3. The maximum absolute atomic E-state index is 12.2. The summed E-state index contributed by atoms with van der Waals surface area (Å²) in [5, 5.41) is 7.91. The van der Waals surface area contributed by atoms with Crippen molar-refractivity contribution in [1.82, 2.24) is 10.6 Å². The van der Waals surface area contributed by atoms with Crippen LogP contribution in [-0.2, 0) is 16.0 Å². The third kappa shape index (κ3) is 6.75. The molecule has 0 bridgehead atoms. The lowest BCUT2D eigenvalue weighted by atomic mass is 10.0. The van der Waals surface area contributed by atoms with Crippen molar-refractivity contribution < 1.29 is 14.3 Å². The Kier molecular flexibility index (Phi) is 7.01. The number of alkyl carbamates (subject to hydrolysis) is 1. The summed E-state index contributed by atoms with van der Waals surface area (Å²) in [6, 6.07) is 14.1. The number of benzene rings is 2. The van der Waals surface area contributed by atoms with Gasteiger partial charge in [0.1, 0.15) is 5.60 Å². The number of carbonyl (C=O) groups is 2. The van der Waals surface area contributed by atoms with Gasteiger partial charge in [0.2, 0.25) is 5.91 Å². The van der Waals surface area contributed by atoms with E-state index in [9.17, 15) is 9.59 Å². The van der Waals surface area contributed by atoms with Crippen LogP contribution in [0.3, 0.4) is 0 Å². The molecule has 2 N–H and O–H groups in total. The molecule has 0 saturated heterocycles. The van der Waals surface area contributed by atoms with Crippen molar-refractivity contribution in [2.45, 2.75) is 45.6 Å². The number of hydrogen-bond acceptors (Lipinski definition) is 3. The van der Waals surface area contributed by atoms with E-state index in [1.54, 1.807) is 0 Å². The lowest BCUT2D eigenvalue weighted by Crippen LogP contribution is -2.33. The highest BCUT2D eigenvalue weighted by molar-refractivity contribution is 5.90. The van der Waals surface area contributed by atoms with E-state index >= 15 is 0 Å². The van der Waals surface area contributed by atoms with Gasteiger partial charge >= 0.3 is 6.09 Å². The molecule has 0 saturated carbocycles. The second-order valence-electron chi connectivity index (χ2n) is 7.30. The molecule has 26 heavy (non-hydrogen) atoms. The zero-order valence-corrected chi connectivity index (χ0v) is 15.8. The number of rotatable bonds is 7. The summed E-state index contributed by atoms with van der Waals surface area (Å²) in [6.45, 7) is 6.63. The van der Waals surface area contributed by atoms with Crippen molar-refractivity contribution in [3.63, 3.8) is 0 Å². The van der Waals surface area contributed by atoms with Crippen molar-refractivity contribution in [1.29, 1.82) is 0 Å². The van der Waals surface area contributed by atoms with Gasteiger partial charge in [-0.2, -0.15) is 0 Å². The highest BCUT2D eigenvalue weighted by Crippen LogP contribution is 2.18. The number of nitrogens with one attached hydrogen (secondary N) is 2. The summed E-state index contributed by atoms with van der Waals surface area (Å²) in [4.78, 5) is 23.7. The van der Waals surface area contributed by atoms with E-state index in [2.05, 4.69) is 22.8 Å². The van der Waals surface area contributed by atoms with Gasteiger partial charge in [-0.1, -0.05) is 42.5 Å². The fraction of sp³-hybridized carbons (Fsp3) is 0.429. The predicted octanol–water partition coefficient (Wildman–Crippen LogP) is 3.80. The molecule has 2 aromatic carbocycles. The SMILES string of the molecule is CC(C)(C)OC(=O)NCCCCNC(=O)Cc1cccc2ccccc12. The molecule has 0 aliphatic carbocycles. The minimum absolute atomic E-state index is 0.0152. The Bertz CT molecular complexity index is 745. The molecule has 2 rings (SSSR count). The first-order valence-electron chi connectivity index (χ1n) is 9.05. The van der Waals surface area contributed by atoms with Crippen molar-refractivity contribution in [3.8, 4) is 0 Å². The van der Waals surface area contributed by atoms with Crippen LogP contribution in [0.2, 0.25) is 0 Å². The number of amides is 2. The van der Waals surface area contributed by atoms with Crippen molar-refractivity contribution >= 4 is 22.8 Å². The topological polar surface area (TPSA) is 67.4 Å². The van der Waals surface area contributed by atoms with Crippen LogP contribution in [0, 0.1) is 0 Å². The van der Waals surface area contributed by atoms with E-state index in [-0.39, 0.29) is 5.91 Å². The second kappa shape index (κ2) is 9.22. The van der Waals surface area contributed by atoms with Gasteiger partial charge in [0.15, 0.2) is 0 Å². The third-order valence-electron chi connectivity index (χ3n) is 3.82. The molecular weight excluding hydrogens is 328 g/mol. The first-order chi connectivity index (χ1) is 12.3. The Morgan fingerprint density at radius 1 is 0.923 bits per heavy atom. The highest BCUT2D eigenvalue weighted by Gasteiger charge is 2.15. The standard InChI is InChI=1S/C21H28N2O3/c1-21(2,3)26-20(25)23-14-7-6-13-22-19(24)15-17-11-8-10-16-9-4-5-12-18(16)17/h4-5,8-12H,6-7,13-15H2,1-3H3,(H,22,24)(H,23,25). The molecule has 0 aliphatic heterocycles. The smallest absolute Gasteiger partial charge is 0.407 e. The van der Waals surface area contributed by atoms with Crippen LogP contribution in [0.25, 0.3) is 10.8 Å². The summed E-state index contributed by atoms with van der Waals surface area (Å²) in [5.74, 6) is 0.0152. The summed E-state index contributed by atoms with van der Waals surface area (Å²) in [6.07, 6.45) is 1.56. The zero-order chi connectivity index (χ0) is 19.0. The van der Waals surface area contributed by atoms with E-state index in [4.69, 9.17) is 4.74 Å². The fourth-order valence-electron chi connectivity index (χ4n) is 2.66. The number of unbranched alkanes of at least 4 members (excludes halogenated alkanes) is 1. The Morgan fingerprint density at radius 3 is 2.31 bits per heavy atom. The molecule has 140 valence electrons. The number of ether oxygens (including phenoxy) is 1. The van der Waals surface area contributed by atoms with E-state index < -0.39 is 11.7 Å². The minimum atomic E-state index is -0.486. The van der Waals surface area contributed by atoms with E-state index in [1.807, 2.05) is 51.1 Å². The van der Waals surface area contributed by atoms with E-state index in [1.165, 1.54) is 0 Å². The molecule has 2 aromatic rings. The molecule has 5 heteroatoms. The zero-order valence-electron chi connectivity index (χ0n) is 15.8.